The minimum atomic E-state index is 0.102. The van der Waals surface area contributed by atoms with E-state index in [0.29, 0.717) is 11.8 Å². The van der Waals surface area contributed by atoms with Gasteiger partial charge in [0, 0.05) is 37.0 Å². The summed E-state index contributed by atoms with van der Waals surface area (Å²) in [6, 6.07) is 4.09. The lowest BCUT2D eigenvalue weighted by Gasteiger charge is -2.35. The van der Waals surface area contributed by atoms with E-state index in [0.717, 1.165) is 51.0 Å². The van der Waals surface area contributed by atoms with Gasteiger partial charge in [-0.2, -0.15) is 5.10 Å². The maximum Gasteiger partial charge on any atom is 0.239 e. The molecule has 2 aliphatic rings. The molecule has 2 saturated heterocycles. The van der Waals surface area contributed by atoms with Gasteiger partial charge < -0.3 is 4.90 Å². The molecule has 0 aliphatic carbocycles. The van der Waals surface area contributed by atoms with E-state index < -0.39 is 0 Å². The van der Waals surface area contributed by atoms with E-state index >= 15 is 0 Å². The first-order valence-corrected chi connectivity index (χ1v) is 8.52. The molecule has 0 saturated carbocycles. The van der Waals surface area contributed by atoms with Gasteiger partial charge in [0.15, 0.2) is 5.65 Å². The van der Waals surface area contributed by atoms with Crippen molar-refractivity contribution in [1.29, 1.82) is 0 Å². The second-order valence-electron chi connectivity index (χ2n) is 6.71. The topological polar surface area (TPSA) is 53.7 Å². The van der Waals surface area contributed by atoms with Crippen LogP contribution in [-0.4, -0.2) is 63.0 Å². The lowest BCUT2D eigenvalue weighted by molar-refractivity contribution is -0.136. The highest BCUT2D eigenvalue weighted by Gasteiger charge is 2.33. The zero-order valence-corrected chi connectivity index (χ0v) is 13.6. The van der Waals surface area contributed by atoms with Gasteiger partial charge in [-0.15, -0.1) is 0 Å². The van der Waals surface area contributed by atoms with Gasteiger partial charge in [0.1, 0.15) is 0 Å². The summed E-state index contributed by atoms with van der Waals surface area (Å²) in [6.45, 7) is 2.74. The summed E-state index contributed by atoms with van der Waals surface area (Å²) in [7, 11) is 2.06. The Morgan fingerprint density at radius 2 is 1.96 bits per heavy atom. The number of hydrogen-bond donors (Lipinski definition) is 0. The molecule has 0 bridgehead atoms. The van der Waals surface area contributed by atoms with Crippen LogP contribution >= 0.6 is 0 Å². The van der Waals surface area contributed by atoms with Crippen molar-refractivity contribution in [1.82, 2.24) is 24.4 Å². The molecule has 2 aliphatic heterocycles. The normalized spacial score (nSPS) is 23.7. The molecular formula is C17H23N5O. The number of piperidine rings is 1. The Hall–Kier alpha value is -1.95. The van der Waals surface area contributed by atoms with Crippen LogP contribution in [0.15, 0.2) is 24.5 Å². The molecule has 2 aromatic rings. The predicted molar refractivity (Wildman–Crippen MR) is 87.2 cm³/mol. The van der Waals surface area contributed by atoms with Crippen molar-refractivity contribution in [3.8, 4) is 0 Å². The number of nitrogens with zero attached hydrogens (tertiary/aromatic N) is 5. The quantitative estimate of drug-likeness (QED) is 0.844. The van der Waals surface area contributed by atoms with Crippen molar-refractivity contribution in [3.63, 3.8) is 0 Å². The first-order valence-electron chi connectivity index (χ1n) is 8.52. The van der Waals surface area contributed by atoms with Crippen molar-refractivity contribution in [3.05, 3.63) is 30.2 Å². The SMILES string of the molecule is CN1CCCC1C(=O)N1CCC(c2ccnc3ccnn23)CC1. The van der Waals surface area contributed by atoms with Gasteiger partial charge in [-0.3, -0.25) is 9.69 Å². The number of likely N-dealkylation sites (N-methyl/N-ethyl adjacent to an activating group) is 1. The van der Waals surface area contributed by atoms with E-state index in [1.165, 1.54) is 5.69 Å². The molecule has 0 N–H and O–H groups in total. The van der Waals surface area contributed by atoms with Gasteiger partial charge in [0.05, 0.1) is 12.2 Å². The molecule has 0 spiro atoms. The van der Waals surface area contributed by atoms with E-state index in [1.54, 1.807) is 6.20 Å². The summed E-state index contributed by atoms with van der Waals surface area (Å²) < 4.78 is 1.94. The first kappa shape index (κ1) is 14.6. The molecule has 2 fully saturated rings. The Morgan fingerprint density at radius 3 is 2.70 bits per heavy atom. The average Bonchev–Trinajstić information content (AvgIpc) is 3.22. The van der Waals surface area contributed by atoms with Crippen molar-refractivity contribution < 1.29 is 4.79 Å². The van der Waals surface area contributed by atoms with Crippen LogP contribution in [0.2, 0.25) is 0 Å². The van der Waals surface area contributed by atoms with E-state index in [9.17, 15) is 4.79 Å². The Labute approximate surface area is 136 Å². The van der Waals surface area contributed by atoms with Crippen LogP contribution < -0.4 is 0 Å². The fourth-order valence-electron chi connectivity index (χ4n) is 3.99. The third-order valence-corrected chi connectivity index (χ3v) is 5.35. The van der Waals surface area contributed by atoms with Crippen LogP contribution in [-0.2, 0) is 4.79 Å². The maximum atomic E-state index is 12.7. The zero-order chi connectivity index (χ0) is 15.8. The molecule has 4 heterocycles. The van der Waals surface area contributed by atoms with Gasteiger partial charge in [-0.1, -0.05) is 0 Å². The Morgan fingerprint density at radius 1 is 1.13 bits per heavy atom. The van der Waals surface area contributed by atoms with Gasteiger partial charge in [-0.25, -0.2) is 9.50 Å². The van der Waals surface area contributed by atoms with Gasteiger partial charge in [0.2, 0.25) is 5.91 Å². The number of fused-ring (bicyclic) bond motifs is 1. The molecule has 0 aromatic carbocycles. The third-order valence-electron chi connectivity index (χ3n) is 5.35. The molecule has 4 rings (SSSR count). The zero-order valence-electron chi connectivity index (χ0n) is 13.6. The Balaban J connectivity index is 1.45. The maximum absolute atomic E-state index is 12.7. The van der Waals surface area contributed by atoms with Gasteiger partial charge in [0.25, 0.3) is 0 Å². The molecule has 1 unspecified atom stereocenters. The highest BCUT2D eigenvalue weighted by atomic mass is 16.2. The predicted octanol–water partition coefficient (Wildman–Crippen LogP) is 1.53. The number of rotatable bonds is 2. The highest BCUT2D eigenvalue weighted by molar-refractivity contribution is 5.82. The number of hydrogen-bond acceptors (Lipinski definition) is 4. The summed E-state index contributed by atoms with van der Waals surface area (Å²) in [5, 5.41) is 4.39. The largest absolute Gasteiger partial charge is 0.341 e. The van der Waals surface area contributed by atoms with E-state index in [1.807, 2.05) is 16.8 Å². The number of carbonyl (C=O) groups excluding carboxylic acids is 1. The minimum absolute atomic E-state index is 0.102. The summed E-state index contributed by atoms with van der Waals surface area (Å²) in [5.41, 5.74) is 2.11. The van der Waals surface area contributed by atoms with E-state index in [2.05, 4.69) is 33.0 Å². The van der Waals surface area contributed by atoms with Crippen molar-refractivity contribution in [2.75, 3.05) is 26.7 Å². The minimum Gasteiger partial charge on any atom is -0.341 e. The molecule has 1 amide bonds. The van der Waals surface area contributed by atoms with Crippen molar-refractivity contribution in [2.45, 2.75) is 37.6 Å². The second-order valence-corrected chi connectivity index (χ2v) is 6.71. The third kappa shape index (κ3) is 2.61. The smallest absolute Gasteiger partial charge is 0.239 e. The van der Waals surface area contributed by atoms with Crippen LogP contribution in [0.3, 0.4) is 0 Å². The lowest BCUT2D eigenvalue weighted by atomic mass is 9.92. The molecule has 6 nitrogen and oxygen atoms in total. The van der Waals surface area contributed by atoms with E-state index in [-0.39, 0.29) is 6.04 Å². The molecule has 1 atom stereocenters. The molecule has 0 radical (unpaired) electrons. The number of likely N-dealkylation sites (tertiary alicyclic amines) is 2. The fourth-order valence-corrected chi connectivity index (χ4v) is 3.99. The van der Waals surface area contributed by atoms with Crippen LogP contribution in [0.4, 0.5) is 0 Å². The Bertz CT molecular complexity index is 704. The standard InChI is InChI=1S/C17H23N5O/c1-20-10-2-3-15(20)17(23)21-11-6-13(7-12-21)14-4-8-18-16-5-9-19-22(14)16/h4-5,8-9,13,15H,2-3,6-7,10-12H2,1H3. The van der Waals surface area contributed by atoms with Crippen LogP contribution in [0.1, 0.15) is 37.3 Å². The van der Waals surface area contributed by atoms with Crippen LogP contribution in [0.5, 0.6) is 0 Å². The fraction of sp³-hybridized carbons (Fsp3) is 0.588. The van der Waals surface area contributed by atoms with E-state index in [4.69, 9.17) is 0 Å². The van der Waals surface area contributed by atoms with Crippen LogP contribution in [0.25, 0.3) is 5.65 Å². The highest BCUT2D eigenvalue weighted by Crippen LogP contribution is 2.29. The monoisotopic (exact) mass is 313 g/mol. The van der Waals surface area contributed by atoms with Crippen LogP contribution in [0, 0.1) is 0 Å². The van der Waals surface area contributed by atoms with Crippen molar-refractivity contribution in [2.24, 2.45) is 0 Å². The Kier molecular flexibility index (Phi) is 3.77. The molecule has 23 heavy (non-hydrogen) atoms. The van der Waals surface area contributed by atoms with Crippen molar-refractivity contribution >= 4 is 11.6 Å². The summed E-state index contributed by atoms with van der Waals surface area (Å²) in [5.74, 6) is 0.771. The summed E-state index contributed by atoms with van der Waals surface area (Å²) >= 11 is 0. The van der Waals surface area contributed by atoms with Gasteiger partial charge in [-0.05, 0) is 45.3 Å². The van der Waals surface area contributed by atoms with Gasteiger partial charge >= 0.3 is 0 Å². The summed E-state index contributed by atoms with van der Waals surface area (Å²) in [6.07, 6.45) is 7.80. The lowest BCUT2D eigenvalue weighted by Crippen LogP contribution is -2.47. The molecular weight excluding hydrogens is 290 g/mol. The molecule has 6 heteroatoms. The number of amides is 1. The average molecular weight is 313 g/mol. The second kappa shape index (κ2) is 5.92. The summed E-state index contributed by atoms with van der Waals surface area (Å²) in [4.78, 5) is 21.3. The number of aromatic nitrogens is 3. The number of carbonyl (C=O) groups is 1. The molecule has 2 aromatic heterocycles. The first-order chi connectivity index (χ1) is 11.2. The molecule has 122 valence electrons.